The van der Waals surface area contributed by atoms with Crippen LogP contribution in [0.15, 0.2) is 22.7 Å². The molecule has 1 saturated heterocycles. The van der Waals surface area contributed by atoms with Crippen LogP contribution in [0, 0.1) is 11.7 Å². The summed E-state index contributed by atoms with van der Waals surface area (Å²) < 4.78 is 38.7. The van der Waals surface area contributed by atoms with Gasteiger partial charge in [0.15, 0.2) is 0 Å². The largest absolute Gasteiger partial charge is 0.324 e. The summed E-state index contributed by atoms with van der Waals surface area (Å²) in [5.74, 6) is -0.112. The number of hydrogen-bond acceptors (Lipinski definition) is 3. The Kier molecular flexibility index (Phi) is 5.40. The van der Waals surface area contributed by atoms with Crippen molar-refractivity contribution in [2.75, 3.05) is 19.3 Å². The second-order valence-corrected chi connectivity index (χ2v) is 8.48. The highest BCUT2D eigenvalue weighted by Gasteiger charge is 2.27. The topological polar surface area (TPSA) is 63.4 Å². The monoisotopic (exact) mass is 378 g/mol. The van der Waals surface area contributed by atoms with Crippen LogP contribution < -0.4 is 5.73 Å². The lowest BCUT2D eigenvalue weighted by molar-refractivity contribution is 0.247. The minimum absolute atomic E-state index is 0.218. The number of halogens is 2. The predicted octanol–water partition coefficient (Wildman–Crippen LogP) is 2.65. The number of hydrogen-bond donors (Lipinski definition) is 1. The molecule has 0 amide bonds. The summed E-state index contributed by atoms with van der Waals surface area (Å²) in [6, 6.07) is 4.60. The normalized spacial score (nSPS) is 22.2. The first-order valence-electron chi connectivity index (χ1n) is 6.93. The first-order valence-corrected chi connectivity index (χ1v) is 9.57. The molecule has 0 radical (unpaired) electrons. The first kappa shape index (κ1) is 16.9. The Hall–Kier alpha value is -0.500. The Morgan fingerprint density at radius 2 is 2.24 bits per heavy atom. The van der Waals surface area contributed by atoms with E-state index in [1.54, 1.807) is 12.1 Å². The summed E-state index contributed by atoms with van der Waals surface area (Å²) in [6.45, 7) is 1.09. The van der Waals surface area contributed by atoms with Gasteiger partial charge in [-0.05, 0) is 58.8 Å². The molecule has 0 aromatic heterocycles. The van der Waals surface area contributed by atoms with Crippen molar-refractivity contribution in [2.45, 2.75) is 25.3 Å². The number of nitrogens with zero attached hydrogens (tertiary/aromatic N) is 1. The smallest absolute Gasteiger partial charge is 0.211 e. The zero-order valence-electron chi connectivity index (χ0n) is 11.9. The van der Waals surface area contributed by atoms with Gasteiger partial charge in [0.2, 0.25) is 10.0 Å². The summed E-state index contributed by atoms with van der Waals surface area (Å²) in [5, 5.41) is 0. The lowest BCUT2D eigenvalue weighted by Crippen LogP contribution is -2.40. The van der Waals surface area contributed by atoms with E-state index in [4.69, 9.17) is 5.73 Å². The molecule has 1 aromatic carbocycles. The van der Waals surface area contributed by atoms with E-state index in [-0.39, 0.29) is 17.8 Å². The molecular formula is C14H20BrFN2O2S. The van der Waals surface area contributed by atoms with Gasteiger partial charge in [0.1, 0.15) is 5.82 Å². The van der Waals surface area contributed by atoms with Crippen molar-refractivity contribution in [1.29, 1.82) is 0 Å². The zero-order chi connectivity index (χ0) is 15.6. The Morgan fingerprint density at radius 1 is 1.52 bits per heavy atom. The lowest BCUT2D eigenvalue weighted by Gasteiger charge is -2.32. The van der Waals surface area contributed by atoms with Crippen LogP contribution >= 0.6 is 15.9 Å². The van der Waals surface area contributed by atoms with Crippen LogP contribution in [-0.2, 0) is 10.0 Å². The van der Waals surface area contributed by atoms with Crippen LogP contribution in [0.25, 0.3) is 0 Å². The Balaban J connectivity index is 2.02. The lowest BCUT2D eigenvalue weighted by atomic mass is 9.90. The third-order valence-electron chi connectivity index (χ3n) is 3.91. The maximum Gasteiger partial charge on any atom is 0.211 e. The summed E-state index contributed by atoms with van der Waals surface area (Å²) in [5.41, 5.74) is 6.89. The Bertz CT molecular complexity index is 609. The second-order valence-electron chi connectivity index (χ2n) is 5.65. The van der Waals surface area contributed by atoms with Crippen molar-refractivity contribution in [2.24, 2.45) is 11.7 Å². The molecule has 4 nitrogen and oxygen atoms in total. The highest BCUT2D eigenvalue weighted by Crippen LogP contribution is 2.28. The molecule has 0 saturated carbocycles. The fourth-order valence-corrected chi connectivity index (χ4v) is 3.95. The molecule has 2 N–H and O–H groups in total. The average molecular weight is 379 g/mol. The Morgan fingerprint density at radius 3 is 2.86 bits per heavy atom. The van der Waals surface area contributed by atoms with Crippen LogP contribution in [0.4, 0.5) is 4.39 Å². The molecule has 1 aliphatic heterocycles. The van der Waals surface area contributed by atoms with Gasteiger partial charge in [-0.15, -0.1) is 0 Å². The third kappa shape index (κ3) is 4.48. The molecule has 21 heavy (non-hydrogen) atoms. The van der Waals surface area contributed by atoms with E-state index in [0.717, 1.165) is 18.4 Å². The van der Waals surface area contributed by atoms with Crippen LogP contribution in [0.3, 0.4) is 0 Å². The van der Waals surface area contributed by atoms with Crippen LogP contribution in [0.5, 0.6) is 0 Å². The van der Waals surface area contributed by atoms with Crippen molar-refractivity contribution in [3.63, 3.8) is 0 Å². The second kappa shape index (κ2) is 6.73. The number of sulfonamides is 1. The van der Waals surface area contributed by atoms with Crippen molar-refractivity contribution in [1.82, 2.24) is 4.31 Å². The SMILES string of the molecule is CS(=O)(=O)N1CCCC(CC(N)c2ccc(Br)c(F)c2)C1. The summed E-state index contributed by atoms with van der Waals surface area (Å²) in [7, 11) is -3.15. The molecule has 118 valence electrons. The van der Waals surface area contributed by atoms with Gasteiger partial charge < -0.3 is 5.73 Å². The quantitative estimate of drug-likeness (QED) is 0.875. The number of nitrogens with two attached hydrogens (primary N) is 1. The van der Waals surface area contributed by atoms with Gasteiger partial charge in [-0.2, -0.15) is 0 Å². The van der Waals surface area contributed by atoms with Gasteiger partial charge in [-0.1, -0.05) is 6.07 Å². The van der Waals surface area contributed by atoms with E-state index < -0.39 is 10.0 Å². The zero-order valence-corrected chi connectivity index (χ0v) is 14.3. The minimum Gasteiger partial charge on any atom is -0.324 e. The standard InChI is InChI=1S/C14H20BrFN2O2S/c1-21(19,20)18-6-2-3-10(9-18)7-14(17)11-4-5-12(15)13(16)8-11/h4-5,8,10,14H,2-3,6-7,9,17H2,1H3. The highest BCUT2D eigenvalue weighted by atomic mass is 79.9. The van der Waals surface area contributed by atoms with Gasteiger partial charge in [0.05, 0.1) is 10.7 Å². The molecule has 2 unspecified atom stereocenters. The van der Waals surface area contributed by atoms with Crippen LogP contribution in [0.2, 0.25) is 0 Å². The maximum atomic E-state index is 13.5. The van der Waals surface area contributed by atoms with Gasteiger partial charge >= 0.3 is 0 Å². The van der Waals surface area contributed by atoms with Gasteiger partial charge in [0.25, 0.3) is 0 Å². The van der Waals surface area contributed by atoms with Crippen LogP contribution in [0.1, 0.15) is 30.9 Å². The van der Waals surface area contributed by atoms with Crippen molar-refractivity contribution >= 4 is 26.0 Å². The first-order chi connectivity index (χ1) is 9.77. The van der Waals surface area contributed by atoms with E-state index >= 15 is 0 Å². The molecule has 1 aliphatic rings. The molecule has 0 bridgehead atoms. The molecule has 2 rings (SSSR count). The molecule has 0 aliphatic carbocycles. The van der Waals surface area contributed by atoms with Gasteiger partial charge in [-0.3, -0.25) is 0 Å². The van der Waals surface area contributed by atoms with E-state index in [2.05, 4.69) is 15.9 Å². The van der Waals surface area contributed by atoms with Gasteiger partial charge in [0, 0.05) is 19.1 Å². The number of rotatable bonds is 4. The van der Waals surface area contributed by atoms with Gasteiger partial charge in [-0.25, -0.2) is 17.1 Å². The summed E-state index contributed by atoms with van der Waals surface area (Å²) >= 11 is 3.12. The van der Waals surface area contributed by atoms with Crippen molar-refractivity contribution in [3.05, 3.63) is 34.1 Å². The number of piperidine rings is 1. The molecule has 1 aromatic rings. The average Bonchev–Trinajstić information content (AvgIpc) is 2.41. The molecule has 1 heterocycles. The molecule has 2 atom stereocenters. The summed E-state index contributed by atoms with van der Waals surface area (Å²) in [6.07, 6.45) is 3.70. The molecule has 0 spiro atoms. The maximum absolute atomic E-state index is 13.5. The predicted molar refractivity (Wildman–Crippen MR) is 84.8 cm³/mol. The van der Waals surface area contributed by atoms with Crippen LogP contribution in [-0.4, -0.2) is 32.1 Å². The van der Waals surface area contributed by atoms with E-state index in [9.17, 15) is 12.8 Å². The molecular weight excluding hydrogens is 359 g/mol. The molecule has 1 fully saturated rings. The fourth-order valence-electron chi connectivity index (χ4n) is 2.76. The van der Waals surface area contributed by atoms with Crippen molar-refractivity contribution in [3.8, 4) is 0 Å². The number of benzene rings is 1. The van der Waals surface area contributed by atoms with E-state index in [0.29, 0.717) is 24.0 Å². The van der Waals surface area contributed by atoms with E-state index in [1.165, 1.54) is 16.6 Å². The van der Waals surface area contributed by atoms with Crippen molar-refractivity contribution < 1.29 is 12.8 Å². The fraction of sp³-hybridized carbons (Fsp3) is 0.571. The highest BCUT2D eigenvalue weighted by molar-refractivity contribution is 9.10. The Labute approximate surface area is 133 Å². The molecule has 7 heteroatoms. The van der Waals surface area contributed by atoms with E-state index in [1.807, 2.05) is 0 Å². The minimum atomic E-state index is -3.15. The summed E-state index contributed by atoms with van der Waals surface area (Å²) in [4.78, 5) is 0. The third-order valence-corrected chi connectivity index (χ3v) is 5.82.